The van der Waals surface area contributed by atoms with Gasteiger partial charge in [-0.1, -0.05) is 6.07 Å². The van der Waals surface area contributed by atoms with Crippen LogP contribution in [0.2, 0.25) is 0 Å². The van der Waals surface area contributed by atoms with Crippen LogP contribution in [0, 0.1) is 0 Å². The SMILES string of the molecule is C[C@]1(O)O[C@H](COS(=O)(=O)[O-])[C@H](O)[C@H](O)[C@H]1O.c1cc[nH+]cc1. The van der Waals surface area contributed by atoms with E-state index in [-0.39, 0.29) is 0 Å². The Hall–Kier alpha value is -1.18. The maximum atomic E-state index is 10.2. The number of H-pyrrole nitrogens is 1. The quantitative estimate of drug-likeness (QED) is 0.330. The Balaban J connectivity index is 0.000000366. The minimum absolute atomic E-state index is 0.882. The third-order valence-electron chi connectivity index (χ3n) is 2.98. The molecule has 1 aromatic rings. The van der Waals surface area contributed by atoms with Crippen molar-refractivity contribution < 1.29 is 47.3 Å². The zero-order valence-corrected chi connectivity index (χ0v) is 13.0. The Labute approximate surface area is 132 Å². The van der Waals surface area contributed by atoms with Crippen molar-refractivity contribution >= 4 is 10.4 Å². The van der Waals surface area contributed by atoms with Gasteiger partial charge in [-0.05, 0) is 6.92 Å². The molecule has 0 spiro atoms. The van der Waals surface area contributed by atoms with Gasteiger partial charge in [-0.15, -0.1) is 0 Å². The first-order valence-electron chi connectivity index (χ1n) is 6.50. The van der Waals surface area contributed by atoms with Gasteiger partial charge < -0.3 is 29.7 Å². The number of hydrogen-bond donors (Lipinski definition) is 4. The van der Waals surface area contributed by atoms with Crippen LogP contribution in [0.3, 0.4) is 0 Å². The standard InChI is InChI=1S/C7H14O9S.C5H5N/c1-7(11)6(10)5(9)4(8)3(16-7)2-15-17(12,13)14;1-2-4-6-5-3-1/h3-6,8-11H,2H2,1H3,(H,12,13,14);1-5H/t3-,4+,5+,6-,7+;/m1./s1. The molecule has 0 saturated carbocycles. The molecule has 1 saturated heterocycles. The van der Waals surface area contributed by atoms with Gasteiger partial charge in [0.05, 0.1) is 6.61 Å². The molecule has 0 bridgehead atoms. The number of aliphatic hydroxyl groups is 4. The van der Waals surface area contributed by atoms with Crippen LogP contribution < -0.4 is 4.98 Å². The van der Waals surface area contributed by atoms with Crippen molar-refractivity contribution in [3.8, 4) is 0 Å². The van der Waals surface area contributed by atoms with E-state index in [1.54, 1.807) is 0 Å². The van der Waals surface area contributed by atoms with Crippen molar-refractivity contribution in [2.75, 3.05) is 6.61 Å². The van der Waals surface area contributed by atoms with Gasteiger partial charge >= 0.3 is 0 Å². The Kier molecular flexibility index (Phi) is 6.98. The zero-order chi connectivity index (χ0) is 17.7. The van der Waals surface area contributed by atoms with Crippen molar-refractivity contribution in [1.29, 1.82) is 0 Å². The van der Waals surface area contributed by atoms with E-state index in [1.807, 2.05) is 30.6 Å². The van der Waals surface area contributed by atoms with Crippen molar-refractivity contribution in [1.82, 2.24) is 0 Å². The van der Waals surface area contributed by atoms with E-state index >= 15 is 0 Å². The topological polar surface area (TPSA) is 171 Å². The summed E-state index contributed by atoms with van der Waals surface area (Å²) < 4.78 is 39.2. The van der Waals surface area contributed by atoms with Gasteiger partial charge in [-0.2, -0.15) is 0 Å². The van der Waals surface area contributed by atoms with Crippen LogP contribution in [0.1, 0.15) is 6.92 Å². The molecule has 0 aromatic carbocycles. The molecule has 0 radical (unpaired) electrons. The van der Waals surface area contributed by atoms with Crippen molar-refractivity contribution in [3.05, 3.63) is 30.6 Å². The average molecular weight is 353 g/mol. The number of rotatable bonds is 3. The first-order valence-corrected chi connectivity index (χ1v) is 7.83. The van der Waals surface area contributed by atoms with Crippen molar-refractivity contribution in [2.24, 2.45) is 0 Å². The molecular formula is C12H19NO9S. The molecule has 1 fully saturated rings. The average Bonchev–Trinajstić information content (AvgIpc) is 2.49. The lowest BCUT2D eigenvalue weighted by Crippen LogP contribution is -2.64. The summed E-state index contributed by atoms with van der Waals surface area (Å²) in [6.45, 7) is 0.123. The molecule has 5 atom stereocenters. The molecule has 0 unspecified atom stereocenters. The first-order chi connectivity index (χ1) is 10.5. The molecule has 132 valence electrons. The molecule has 23 heavy (non-hydrogen) atoms. The zero-order valence-electron chi connectivity index (χ0n) is 12.1. The van der Waals surface area contributed by atoms with Gasteiger partial charge in [-0.25, -0.2) is 13.4 Å². The molecule has 1 aliphatic heterocycles. The van der Waals surface area contributed by atoms with E-state index in [0.717, 1.165) is 6.92 Å². The maximum absolute atomic E-state index is 10.2. The van der Waals surface area contributed by atoms with E-state index in [2.05, 4.69) is 9.17 Å². The van der Waals surface area contributed by atoms with E-state index in [9.17, 15) is 33.4 Å². The lowest BCUT2D eigenvalue weighted by Gasteiger charge is -2.43. The van der Waals surface area contributed by atoms with Crippen LogP contribution in [-0.2, 0) is 19.3 Å². The van der Waals surface area contributed by atoms with E-state index in [0.29, 0.717) is 0 Å². The van der Waals surface area contributed by atoms with Crippen LogP contribution in [0.5, 0.6) is 0 Å². The molecule has 1 aliphatic rings. The van der Waals surface area contributed by atoms with Gasteiger partial charge in [0.15, 0.2) is 18.2 Å². The Bertz CT molecular complexity index is 538. The molecule has 10 nitrogen and oxygen atoms in total. The Morgan fingerprint density at radius 1 is 1.22 bits per heavy atom. The maximum Gasteiger partial charge on any atom is 0.217 e. The fourth-order valence-corrected chi connectivity index (χ4v) is 2.10. The summed E-state index contributed by atoms with van der Waals surface area (Å²) in [5.74, 6) is -2.20. The molecule has 1 aromatic heterocycles. The molecule has 0 aliphatic carbocycles. The molecule has 2 heterocycles. The van der Waals surface area contributed by atoms with E-state index in [1.165, 1.54) is 0 Å². The van der Waals surface area contributed by atoms with Crippen LogP contribution in [-0.4, -0.2) is 70.2 Å². The predicted molar refractivity (Wildman–Crippen MR) is 72.2 cm³/mol. The first kappa shape index (κ1) is 19.9. The molecular weight excluding hydrogens is 334 g/mol. The number of aliphatic hydroxyl groups excluding tert-OH is 3. The minimum atomic E-state index is -4.98. The number of aromatic amines is 1. The fourth-order valence-electron chi connectivity index (χ4n) is 1.79. The molecule has 2 rings (SSSR count). The predicted octanol–water partition coefficient (Wildman–Crippen LogP) is -2.85. The molecule has 11 heteroatoms. The van der Waals surface area contributed by atoms with Gasteiger partial charge in [0.2, 0.25) is 10.4 Å². The van der Waals surface area contributed by atoms with Gasteiger partial charge in [0, 0.05) is 12.1 Å². The second kappa shape index (κ2) is 8.08. The summed E-state index contributed by atoms with van der Waals surface area (Å²) in [4.78, 5) is 2.89. The fraction of sp³-hybridized carbons (Fsp3) is 0.583. The summed E-state index contributed by atoms with van der Waals surface area (Å²) in [6.07, 6.45) is -2.96. The van der Waals surface area contributed by atoms with Crippen molar-refractivity contribution in [3.63, 3.8) is 0 Å². The lowest BCUT2D eigenvalue weighted by atomic mass is 9.94. The van der Waals surface area contributed by atoms with Gasteiger partial charge in [0.1, 0.15) is 24.4 Å². The Morgan fingerprint density at radius 2 is 1.78 bits per heavy atom. The minimum Gasteiger partial charge on any atom is -0.726 e. The molecule has 5 N–H and O–H groups in total. The smallest absolute Gasteiger partial charge is 0.217 e. The van der Waals surface area contributed by atoms with Crippen molar-refractivity contribution in [2.45, 2.75) is 37.1 Å². The third kappa shape index (κ3) is 6.45. The number of hydrogen-bond acceptors (Lipinski definition) is 9. The Morgan fingerprint density at radius 3 is 2.17 bits per heavy atom. The normalized spacial score (nSPS) is 34.3. The highest BCUT2D eigenvalue weighted by molar-refractivity contribution is 7.80. The summed E-state index contributed by atoms with van der Waals surface area (Å²) in [6, 6.07) is 5.86. The number of pyridine rings is 1. The molecule has 0 amide bonds. The largest absolute Gasteiger partial charge is 0.726 e. The van der Waals surface area contributed by atoms with Gasteiger partial charge in [-0.3, -0.25) is 4.18 Å². The summed E-state index contributed by atoms with van der Waals surface area (Å²) in [5.41, 5.74) is 0. The third-order valence-corrected chi connectivity index (χ3v) is 3.40. The van der Waals surface area contributed by atoms with E-state index in [4.69, 9.17) is 4.74 Å². The van der Waals surface area contributed by atoms with Crippen LogP contribution in [0.25, 0.3) is 0 Å². The van der Waals surface area contributed by atoms with Gasteiger partial charge in [0.25, 0.3) is 0 Å². The number of nitrogens with one attached hydrogen (secondary N) is 1. The summed E-state index contributed by atoms with van der Waals surface area (Å²) >= 11 is 0. The summed E-state index contributed by atoms with van der Waals surface area (Å²) in [7, 11) is -4.98. The van der Waals surface area contributed by atoms with Crippen LogP contribution in [0.4, 0.5) is 0 Å². The second-order valence-electron chi connectivity index (χ2n) is 4.91. The number of aromatic nitrogens is 1. The highest BCUT2D eigenvalue weighted by Gasteiger charge is 2.50. The monoisotopic (exact) mass is 353 g/mol. The highest BCUT2D eigenvalue weighted by atomic mass is 32.3. The number of ether oxygens (including phenoxy) is 1. The highest BCUT2D eigenvalue weighted by Crippen LogP contribution is 2.27. The van der Waals surface area contributed by atoms with Crippen LogP contribution in [0.15, 0.2) is 30.6 Å². The van der Waals surface area contributed by atoms with E-state index < -0.39 is 47.2 Å². The second-order valence-corrected chi connectivity index (χ2v) is 5.96. The van der Waals surface area contributed by atoms with Crippen LogP contribution >= 0.6 is 0 Å². The summed E-state index contributed by atoms with van der Waals surface area (Å²) in [5, 5.41) is 37.6. The lowest BCUT2D eigenvalue weighted by molar-refractivity contribution is -0.377.